The number of hydrogen-bond acceptors (Lipinski definition) is 4. The van der Waals surface area contributed by atoms with Crippen LogP contribution in [0, 0.1) is 5.92 Å². The standard InChI is InChI=1S/C16H20F8O4/c1-9(10-4-2-3-5-10)28-12(26)7-6-11(25)27-8-14(19,20)16(23,24)15(21,22)13(17)18/h9-10,13H,2-8H2,1H3. The van der Waals surface area contributed by atoms with Gasteiger partial charge >= 0.3 is 36.1 Å². The molecule has 0 aliphatic heterocycles. The molecule has 1 atom stereocenters. The molecule has 1 saturated carbocycles. The van der Waals surface area contributed by atoms with Crippen molar-refractivity contribution in [3.8, 4) is 0 Å². The minimum Gasteiger partial charge on any atom is -0.462 e. The smallest absolute Gasteiger partial charge is 0.381 e. The zero-order valence-electron chi connectivity index (χ0n) is 14.8. The molecule has 0 bridgehead atoms. The summed E-state index contributed by atoms with van der Waals surface area (Å²) in [6, 6.07) is 0. The van der Waals surface area contributed by atoms with E-state index in [1.807, 2.05) is 0 Å². The minimum absolute atomic E-state index is 0.160. The first-order valence-corrected chi connectivity index (χ1v) is 8.49. The van der Waals surface area contributed by atoms with E-state index in [2.05, 4.69) is 4.74 Å². The van der Waals surface area contributed by atoms with Crippen molar-refractivity contribution < 1.29 is 54.2 Å². The van der Waals surface area contributed by atoms with Gasteiger partial charge in [0.05, 0.1) is 12.8 Å². The molecular formula is C16H20F8O4. The highest BCUT2D eigenvalue weighted by Crippen LogP contribution is 2.48. The fourth-order valence-corrected chi connectivity index (χ4v) is 2.71. The molecule has 4 nitrogen and oxygen atoms in total. The average Bonchev–Trinajstić information content (AvgIpc) is 3.12. The molecule has 0 saturated heterocycles. The van der Waals surface area contributed by atoms with Gasteiger partial charge in [0.25, 0.3) is 0 Å². The quantitative estimate of drug-likeness (QED) is 0.377. The van der Waals surface area contributed by atoms with Crippen molar-refractivity contribution in [2.75, 3.05) is 6.61 Å². The summed E-state index contributed by atoms with van der Waals surface area (Å²) in [7, 11) is 0. The van der Waals surface area contributed by atoms with Gasteiger partial charge in [-0.15, -0.1) is 0 Å². The maximum absolute atomic E-state index is 13.2. The van der Waals surface area contributed by atoms with Crippen LogP contribution in [0.3, 0.4) is 0 Å². The fourth-order valence-electron chi connectivity index (χ4n) is 2.71. The molecule has 0 heterocycles. The van der Waals surface area contributed by atoms with Gasteiger partial charge in [0.1, 0.15) is 6.10 Å². The normalized spacial score (nSPS) is 17.6. The lowest BCUT2D eigenvalue weighted by Crippen LogP contribution is -2.59. The molecule has 164 valence electrons. The fraction of sp³-hybridized carbons (Fsp3) is 0.875. The molecule has 12 heteroatoms. The predicted octanol–water partition coefficient (Wildman–Crippen LogP) is 4.60. The van der Waals surface area contributed by atoms with E-state index >= 15 is 0 Å². The molecule has 1 aliphatic rings. The first-order chi connectivity index (χ1) is 12.7. The van der Waals surface area contributed by atoms with Crippen molar-refractivity contribution in [1.82, 2.24) is 0 Å². The van der Waals surface area contributed by atoms with Crippen LogP contribution in [0.25, 0.3) is 0 Å². The van der Waals surface area contributed by atoms with Crippen molar-refractivity contribution in [1.29, 1.82) is 0 Å². The Labute approximate surface area is 155 Å². The van der Waals surface area contributed by atoms with Crippen LogP contribution in [0.2, 0.25) is 0 Å². The lowest BCUT2D eigenvalue weighted by atomic mass is 10.0. The average molecular weight is 428 g/mol. The van der Waals surface area contributed by atoms with Gasteiger partial charge < -0.3 is 9.47 Å². The Balaban J connectivity index is 2.47. The number of ether oxygens (including phenoxy) is 2. The Morgan fingerprint density at radius 3 is 1.96 bits per heavy atom. The maximum atomic E-state index is 13.2. The van der Waals surface area contributed by atoms with E-state index in [4.69, 9.17) is 4.74 Å². The van der Waals surface area contributed by atoms with Crippen molar-refractivity contribution in [3.05, 3.63) is 0 Å². The van der Waals surface area contributed by atoms with Gasteiger partial charge in [0, 0.05) is 0 Å². The van der Waals surface area contributed by atoms with Crippen LogP contribution in [0.15, 0.2) is 0 Å². The van der Waals surface area contributed by atoms with E-state index in [1.54, 1.807) is 6.92 Å². The summed E-state index contributed by atoms with van der Waals surface area (Å²) in [5, 5.41) is 0. The third-order valence-corrected chi connectivity index (χ3v) is 4.48. The number of hydrogen-bond donors (Lipinski definition) is 0. The van der Waals surface area contributed by atoms with E-state index in [0.717, 1.165) is 25.7 Å². The first-order valence-electron chi connectivity index (χ1n) is 8.49. The maximum Gasteiger partial charge on any atom is 0.381 e. The van der Waals surface area contributed by atoms with Gasteiger partial charge in [-0.2, -0.15) is 26.3 Å². The number of carbonyl (C=O) groups is 2. The molecule has 1 rings (SSSR count). The first kappa shape index (κ1) is 24.4. The predicted molar refractivity (Wildman–Crippen MR) is 78.6 cm³/mol. The summed E-state index contributed by atoms with van der Waals surface area (Å²) in [5.74, 6) is -20.8. The molecular weight excluding hydrogens is 408 g/mol. The van der Waals surface area contributed by atoms with Gasteiger partial charge in [0.2, 0.25) is 0 Å². The molecule has 0 radical (unpaired) electrons. The molecule has 1 fully saturated rings. The van der Waals surface area contributed by atoms with Crippen LogP contribution < -0.4 is 0 Å². The van der Waals surface area contributed by atoms with Crippen molar-refractivity contribution in [2.45, 2.75) is 75.7 Å². The molecule has 0 aromatic rings. The van der Waals surface area contributed by atoms with Gasteiger partial charge in [-0.05, 0) is 25.7 Å². The summed E-state index contributed by atoms with van der Waals surface area (Å²) in [4.78, 5) is 22.9. The zero-order chi connectivity index (χ0) is 21.8. The second-order valence-corrected chi connectivity index (χ2v) is 6.60. The molecule has 0 spiro atoms. The highest BCUT2D eigenvalue weighted by molar-refractivity contribution is 5.77. The molecule has 28 heavy (non-hydrogen) atoms. The van der Waals surface area contributed by atoms with Crippen LogP contribution in [-0.4, -0.2) is 48.8 Å². The van der Waals surface area contributed by atoms with Gasteiger partial charge in [-0.25, -0.2) is 8.78 Å². The number of rotatable bonds is 10. The molecule has 0 aromatic heterocycles. The summed E-state index contributed by atoms with van der Waals surface area (Å²) in [5.41, 5.74) is 0. The Hall–Kier alpha value is -1.62. The number of carbonyl (C=O) groups excluding carboxylic acids is 2. The minimum atomic E-state index is -6.45. The topological polar surface area (TPSA) is 52.6 Å². The van der Waals surface area contributed by atoms with E-state index in [9.17, 15) is 44.7 Å². The summed E-state index contributed by atoms with van der Waals surface area (Å²) < 4.78 is 111. The zero-order valence-corrected chi connectivity index (χ0v) is 14.8. The van der Waals surface area contributed by atoms with E-state index in [1.165, 1.54) is 0 Å². The van der Waals surface area contributed by atoms with Crippen LogP contribution >= 0.6 is 0 Å². The Morgan fingerprint density at radius 1 is 0.964 bits per heavy atom. The van der Waals surface area contributed by atoms with E-state index in [0.29, 0.717) is 0 Å². The lowest BCUT2D eigenvalue weighted by Gasteiger charge is -2.31. The Morgan fingerprint density at radius 2 is 1.46 bits per heavy atom. The largest absolute Gasteiger partial charge is 0.462 e. The highest BCUT2D eigenvalue weighted by Gasteiger charge is 2.75. The summed E-state index contributed by atoms with van der Waals surface area (Å²) in [6.45, 7) is -0.896. The van der Waals surface area contributed by atoms with Crippen LogP contribution in [0.1, 0.15) is 45.4 Å². The molecule has 0 N–H and O–H groups in total. The third-order valence-electron chi connectivity index (χ3n) is 4.48. The molecule has 1 unspecified atom stereocenters. The van der Waals surface area contributed by atoms with Crippen molar-refractivity contribution in [2.24, 2.45) is 5.92 Å². The summed E-state index contributed by atoms with van der Waals surface area (Å²) in [6.07, 6.45) is -3.21. The second kappa shape index (κ2) is 9.25. The van der Waals surface area contributed by atoms with Gasteiger partial charge in [-0.3, -0.25) is 9.59 Å². The molecule has 1 aliphatic carbocycles. The Kier molecular flexibility index (Phi) is 8.07. The van der Waals surface area contributed by atoms with Crippen LogP contribution in [0.5, 0.6) is 0 Å². The van der Waals surface area contributed by atoms with Crippen molar-refractivity contribution >= 4 is 11.9 Å². The SMILES string of the molecule is CC(OC(=O)CCC(=O)OCC(F)(F)C(F)(F)C(F)(F)C(F)F)C1CCCC1. The van der Waals surface area contributed by atoms with Crippen LogP contribution in [-0.2, 0) is 19.1 Å². The molecule has 0 amide bonds. The molecule has 0 aromatic carbocycles. The lowest BCUT2D eigenvalue weighted by molar-refractivity contribution is -0.344. The number of esters is 2. The van der Waals surface area contributed by atoms with Gasteiger partial charge in [0.15, 0.2) is 6.61 Å². The number of halogens is 8. The van der Waals surface area contributed by atoms with Gasteiger partial charge in [-0.1, -0.05) is 12.8 Å². The van der Waals surface area contributed by atoms with E-state index < -0.39 is 61.7 Å². The number of alkyl halides is 8. The van der Waals surface area contributed by atoms with E-state index in [-0.39, 0.29) is 5.92 Å². The second-order valence-electron chi connectivity index (χ2n) is 6.60. The van der Waals surface area contributed by atoms with Crippen molar-refractivity contribution in [3.63, 3.8) is 0 Å². The third kappa shape index (κ3) is 5.69. The highest BCUT2D eigenvalue weighted by atomic mass is 19.4. The monoisotopic (exact) mass is 428 g/mol. The van der Waals surface area contributed by atoms with Crippen LogP contribution in [0.4, 0.5) is 35.1 Å². The Bertz CT molecular complexity index is 547. The summed E-state index contributed by atoms with van der Waals surface area (Å²) >= 11 is 0.